The molecule has 1 atom stereocenters. The van der Waals surface area contributed by atoms with E-state index in [2.05, 4.69) is 4.90 Å². The van der Waals surface area contributed by atoms with Crippen LogP contribution < -0.4 is 5.73 Å². The Morgan fingerprint density at radius 1 is 1.56 bits per heavy atom. The molecule has 0 aromatic heterocycles. The average Bonchev–Trinajstić information content (AvgIpc) is 2.64. The number of nitrogens with zero attached hydrogens (tertiary/aromatic N) is 1. The van der Waals surface area contributed by atoms with Gasteiger partial charge in [-0.1, -0.05) is 13.8 Å². The Bertz CT molecular complexity index is 240. The van der Waals surface area contributed by atoms with Gasteiger partial charge in [-0.25, -0.2) is 0 Å². The van der Waals surface area contributed by atoms with E-state index in [9.17, 15) is 5.11 Å². The van der Waals surface area contributed by atoms with Crippen LogP contribution in [0.1, 0.15) is 39.5 Å². The van der Waals surface area contributed by atoms with E-state index >= 15 is 0 Å². The molecule has 0 saturated carbocycles. The van der Waals surface area contributed by atoms with Gasteiger partial charge in [-0.2, -0.15) is 0 Å². The molecule has 1 aliphatic rings. The first-order valence-corrected chi connectivity index (χ1v) is 6.17. The van der Waals surface area contributed by atoms with Crippen LogP contribution in [0.4, 0.5) is 0 Å². The van der Waals surface area contributed by atoms with Gasteiger partial charge in [-0.05, 0) is 38.8 Å². The Morgan fingerprint density at radius 2 is 2.25 bits per heavy atom. The maximum absolute atomic E-state index is 9.19. The monoisotopic (exact) mass is 227 g/mol. The van der Waals surface area contributed by atoms with E-state index in [1.165, 1.54) is 6.42 Å². The van der Waals surface area contributed by atoms with Gasteiger partial charge in [-0.3, -0.25) is 10.3 Å². The first-order chi connectivity index (χ1) is 7.47. The molecule has 1 rings (SSSR count). The van der Waals surface area contributed by atoms with Crippen LogP contribution in [-0.4, -0.2) is 41.6 Å². The SMILES string of the molecule is CC(C)(CCCN1CCCC1CO)C(=N)N. The van der Waals surface area contributed by atoms with Crippen molar-refractivity contribution < 1.29 is 5.11 Å². The Morgan fingerprint density at radius 3 is 2.81 bits per heavy atom. The molecule has 1 fully saturated rings. The van der Waals surface area contributed by atoms with Gasteiger partial charge in [-0.15, -0.1) is 0 Å². The number of nitrogens with two attached hydrogens (primary N) is 1. The molecule has 0 amide bonds. The minimum Gasteiger partial charge on any atom is -0.395 e. The van der Waals surface area contributed by atoms with Gasteiger partial charge in [0.2, 0.25) is 0 Å². The first kappa shape index (κ1) is 13.5. The van der Waals surface area contributed by atoms with Gasteiger partial charge < -0.3 is 10.8 Å². The van der Waals surface area contributed by atoms with E-state index in [-0.39, 0.29) is 17.9 Å². The summed E-state index contributed by atoms with van der Waals surface area (Å²) in [6, 6.07) is 0.362. The van der Waals surface area contributed by atoms with Crippen molar-refractivity contribution >= 4 is 5.84 Å². The normalized spacial score (nSPS) is 22.6. The van der Waals surface area contributed by atoms with Gasteiger partial charge in [0.25, 0.3) is 0 Å². The minimum atomic E-state index is -0.186. The molecule has 94 valence electrons. The highest BCUT2D eigenvalue weighted by molar-refractivity contribution is 5.82. The van der Waals surface area contributed by atoms with Gasteiger partial charge in [0.05, 0.1) is 12.4 Å². The smallest absolute Gasteiger partial charge is 0.0963 e. The summed E-state index contributed by atoms with van der Waals surface area (Å²) in [5, 5.41) is 16.7. The molecule has 1 aliphatic heterocycles. The number of nitrogens with one attached hydrogen (secondary N) is 1. The fraction of sp³-hybridized carbons (Fsp3) is 0.917. The second-order valence-corrected chi connectivity index (χ2v) is 5.42. The molecule has 0 aliphatic carbocycles. The molecular weight excluding hydrogens is 202 g/mol. The quantitative estimate of drug-likeness (QED) is 0.471. The lowest BCUT2D eigenvalue weighted by atomic mass is 9.86. The minimum absolute atomic E-state index is 0.186. The van der Waals surface area contributed by atoms with Crippen LogP contribution in [0, 0.1) is 10.8 Å². The van der Waals surface area contributed by atoms with Crippen molar-refractivity contribution in [3.8, 4) is 0 Å². The summed E-state index contributed by atoms with van der Waals surface area (Å²) in [6.07, 6.45) is 4.30. The summed E-state index contributed by atoms with van der Waals surface area (Å²) in [4.78, 5) is 2.36. The molecule has 4 nitrogen and oxygen atoms in total. The van der Waals surface area contributed by atoms with Crippen LogP contribution in [0.15, 0.2) is 0 Å². The fourth-order valence-corrected chi connectivity index (χ4v) is 2.26. The third kappa shape index (κ3) is 3.46. The maximum atomic E-state index is 9.19. The van der Waals surface area contributed by atoms with Crippen molar-refractivity contribution in [2.45, 2.75) is 45.6 Å². The molecule has 1 saturated heterocycles. The highest BCUT2D eigenvalue weighted by Crippen LogP contribution is 2.23. The number of hydrogen-bond donors (Lipinski definition) is 3. The van der Waals surface area contributed by atoms with Crippen molar-refractivity contribution in [2.75, 3.05) is 19.7 Å². The summed E-state index contributed by atoms with van der Waals surface area (Å²) in [6.45, 7) is 6.43. The Kier molecular flexibility index (Phi) is 4.74. The molecule has 0 radical (unpaired) electrons. The largest absolute Gasteiger partial charge is 0.395 e. The predicted octanol–water partition coefficient (Wildman–Crippen LogP) is 1.19. The van der Waals surface area contributed by atoms with E-state index in [1.54, 1.807) is 0 Å². The molecule has 0 aromatic carbocycles. The summed E-state index contributed by atoms with van der Waals surface area (Å²) in [5.41, 5.74) is 5.36. The number of aliphatic hydroxyl groups excluding tert-OH is 1. The second kappa shape index (κ2) is 5.64. The summed E-state index contributed by atoms with van der Waals surface area (Å²) < 4.78 is 0. The zero-order chi connectivity index (χ0) is 12.2. The van der Waals surface area contributed by atoms with Crippen LogP contribution in [0.3, 0.4) is 0 Å². The molecule has 4 N–H and O–H groups in total. The molecule has 0 aromatic rings. The van der Waals surface area contributed by atoms with Crippen molar-refractivity contribution in [3.63, 3.8) is 0 Å². The van der Waals surface area contributed by atoms with Crippen molar-refractivity contribution in [1.29, 1.82) is 5.41 Å². The molecule has 1 heterocycles. The second-order valence-electron chi connectivity index (χ2n) is 5.42. The standard InChI is InChI=1S/C12H25N3O/c1-12(2,11(13)14)6-4-8-15-7-3-5-10(15)9-16/h10,16H,3-9H2,1-2H3,(H3,13,14). The molecule has 0 spiro atoms. The lowest BCUT2D eigenvalue weighted by Gasteiger charge is -2.26. The van der Waals surface area contributed by atoms with Crippen molar-refractivity contribution in [2.24, 2.45) is 11.1 Å². The summed E-state index contributed by atoms with van der Waals surface area (Å²) >= 11 is 0. The van der Waals surface area contributed by atoms with E-state index in [1.807, 2.05) is 13.8 Å². The van der Waals surface area contributed by atoms with Crippen LogP contribution in [-0.2, 0) is 0 Å². The number of rotatable bonds is 6. The Hall–Kier alpha value is -0.610. The average molecular weight is 227 g/mol. The molecule has 4 heteroatoms. The highest BCUT2D eigenvalue weighted by atomic mass is 16.3. The maximum Gasteiger partial charge on any atom is 0.0963 e. The lowest BCUT2D eigenvalue weighted by molar-refractivity contribution is 0.154. The van der Waals surface area contributed by atoms with Crippen LogP contribution in [0.2, 0.25) is 0 Å². The van der Waals surface area contributed by atoms with Crippen LogP contribution >= 0.6 is 0 Å². The highest BCUT2D eigenvalue weighted by Gasteiger charge is 2.25. The zero-order valence-electron chi connectivity index (χ0n) is 10.5. The number of hydrogen-bond acceptors (Lipinski definition) is 3. The third-order valence-electron chi connectivity index (χ3n) is 3.69. The predicted molar refractivity (Wildman–Crippen MR) is 66.6 cm³/mol. The number of amidine groups is 1. The van der Waals surface area contributed by atoms with Crippen molar-refractivity contribution in [3.05, 3.63) is 0 Å². The Labute approximate surface area is 98.3 Å². The summed E-state index contributed by atoms with van der Waals surface area (Å²) in [5.74, 6) is 0.271. The number of likely N-dealkylation sites (tertiary alicyclic amines) is 1. The first-order valence-electron chi connectivity index (χ1n) is 6.17. The van der Waals surface area contributed by atoms with Crippen LogP contribution in [0.5, 0.6) is 0 Å². The van der Waals surface area contributed by atoms with E-state index in [4.69, 9.17) is 11.1 Å². The summed E-state index contributed by atoms with van der Waals surface area (Å²) in [7, 11) is 0. The molecule has 0 bridgehead atoms. The third-order valence-corrected chi connectivity index (χ3v) is 3.69. The van der Waals surface area contributed by atoms with E-state index in [0.717, 1.165) is 32.4 Å². The number of aliphatic hydroxyl groups is 1. The van der Waals surface area contributed by atoms with Crippen LogP contribution in [0.25, 0.3) is 0 Å². The Balaban J connectivity index is 2.27. The molecular formula is C12H25N3O. The van der Waals surface area contributed by atoms with E-state index in [0.29, 0.717) is 6.04 Å². The van der Waals surface area contributed by atoms with Gasteiger partial charge in [0.15, 0.2) is 0 Å². The van der Waals surface area contributed by atoms with Gasteiger partial charge >= 0.3 is 0 Å². The lowest BCUT2D eigenvalue weighted by Crippen LogP contribution is -2.35. The molecule has 16 heavy (non-hydrogen) atoms. The van der Waals surface area contributed by atoms with Gasteiger partial charge in [0, 0.05) is 11.5 Å². The van der Waals surface area contributed by atoms with Gasteiger partial charge in [0.1, 0.15) is 0 Å². The van der Waals surface area contributed by atoms with E-state index < -0.39 is 0 Å². The molecule has 1 unspecified atom stereocenters. The fourth-order valence-electron chi connectivity index (χ4n) is 2.26. The topological polar surface area (TPSA) is 73.3 Å². The van der Waals surface area contributed by atoms with Crippen molar-refractivity contribution in [1.82, 2.24) is 4.90 Å². The zero-order valence-corrected chi connectivity index (χ0v) is 10.5.